The fourth-order valence-electron chi connectivity index (χ4n) is 3.86. The molecule has 3 aromatic rings. The van der Waals surface area contributed by atoms with E-state index in [-0.39, 0.29) is 17.5 Å². The van der Waals surface area contributed by atoms with Crippen molar-refractivity contribution in [2.75, 3.05) is 11.5 Å². The number of thiophene rings is 1. The van der Waals surface area contributed by atoms with Gasteiger partial charge in [0.05, 0.1) is 5.39 Å². The number of carboxylic acid groups (broad SMARTS) is 1. The molecular weight excluding hydrogens is 486 g/mol. The summed E-state index contributed by atoms with van der Waals surface area (Å²) < 4.78 is 6.51. The highest BCUT2D eigenvalue weighted by atomic mass is 32.2. The summed E-state index contributed by atoms with van der Waals surface area (Å²) >= 11 is 2.87. The average molecular weight is 503 g/mol. The number of hydrogen-bond acceptors (Lipinski definition) is 11. The fourth-order valence-corrected chi connectivity index (χ4v) is 6.07. The van der Waals surface area contributed by atoms with Crippen LogP contribution in [-0.2, 0) is 20.9 Å². The summed E-state index contributed by atoms with van der Waals surface area (Å²) in [5.41, 5.74) is 5.21. The maximum absolute atomic E-state index is 12.9. The number of pyridine rings is 1. The molecule has 0 aromatic carbocycles. The van der Waals surface area contributed by atoms with Crippen LogP contribution in [0.2, 0.25) is 0 Å². The number of carbonyl (C=O) groups excluding carboxylic acids is 2. The molecule has 3 aromatic heterocycles. The molecule has 0 radical (unpaired) electrons. The zero-order chi connectivity index (χ0) is 24.0. The van der Waals surface area contributed by atoms with Crippen molar-refractivity contribution in [3.05, 3.63) is 46.9 Å². The van der Waals surface area contributed by atoms with Crippen molar-refractivity contribution in [3.8, 4) is 0 Å². The Morgan fingerprint density at radius 1 is 1.41 bits per heavy atom. The molecule has 1 unspecified atom stereocenters. The van der Waals surface area contributed by atoms with Crippen molar-refractivity contribution >= 4 is 62.8 Å². The molecule has 2 atom stereocenters. The van der Waals surface area contributed by atoms with E-state index in [4.69, 9.17) is 5.73 Å². The van der Waals surface area contributed by atoms with Crippen LogP contribution < -0.4 is 15.6 Å². The van der Waals surface area contributed by atoms with Gasteiger partial charge in [-0.05, 0) is 17.5 Å². The van der Waals surface area contributed by atoms with Gasteiger partial charge in [0.25, 0.3) is 16.6 Å². The van der Waals surface area contributed by atoms with Gasteiger partial charge in [-0.3, -0.25) is 14.5 Å². The number of nitrogens with zero attached hydrogens (tertiary/aromatic N) is 5. The smallest absolute Gasteiger partial charge is 0.352 e. The lowest BCUT2D eigenvalue weighted by atomic mass is 10.0. The Hall–Kier alpha value is -3.98. The molecule has 5 heterocycles. The van der Waals surface area contributed by atoms with E-state index in [0.717, 1.165) is 10.2 Å². The van der Waals surface area contributed by atoms with Gasteiger partial charge in [0.2, 0.25) is 11.5 Å². The second-order valence-electron chi connectivity index (χ2n) is 7.34. The first-order chi connectivity index (χ1) is 16.4. The van der Waals surface area contributed by atoms with Crippen LogP contribution in [0.3, 0.4) is 0 Å². The molecule has 1 fully saturated rings. The SMILES string of the molecule is Nc1nc(C(=NO)C(=O)NC2C(=O)N3C(C(=O)O)=C(C[n+]4cccc5ccsc54)CS[C@@H]23)no1. The van der Waals surface area contributed by atoms with E-state index < -0.39 is 34.9 Å². The van der Waals surface area contributed by atoms with Crippen LogP contribution in [0.5, 0.6) is 0 Å². The second kappa shape index (κ2) is 8.42. The molecule has 2 aliphatic heterocycles. The Morgan fingerprint density at radius 2 is 2.24 bits per heavy atom. The maximum Gasteiger partial charge on any atom is 0.352 e. The van der Waals surface area contributed by atoms with Crippen molar-refractivity contribution < 1.29 is 33.8 Å². The predicted octanol–water partition coefficient (Wildman–Crippen LogP) is -0.229. The van der Waals surface area contributed by atoms with Crippen LogP contribution in [-0.4, -0.2) is 66.0 Å². The van der Waals surface area contributed by atoms with Gasteiger partial charge in [-0.2, -0.15) is 9.55 Å². The van der Waals surface area contributed by atoms with E-state index in [9.17, 15) is 24.7 Å². The summed E-state index contributed by atoms with van der Waals surface area (Å²) in [7, 11) is 0. The van der Waals surface area contributed by atoms with Crippen LogP contribution in [0.1, 0.15) is 5.82 Å². The summed E-state index contributed by atoms with van der Waals surface area (Å²) in [6.45, 7) is 0.306. The number of fused-ring (bicyclic) bond motifs is 2. The number of nitrogen functional groups attached to an aromatic ring is 1. The number of hydrogen-bond donors (Lipinski definition) is 4. The van der Waals surface area contributed by atoms with E-state index in [1.165, 1.54) is 16.7 Å². The number of carbonyl (C=O) groups is 3. The van der Waals surface area contributed by atoms with Crippen LogP contribution in [0.4, 0.5) is 6.01 Å². The van der Waals surface area contributed by atoms with Crippen molar-refractivity contribution in [2.24, 2.45) is 5.16 Å². The highest BCUT2D eigenvalue weighted by Gasteiger charge is 2.55. The molecule has 2 aliphatic rings. The number of thioether (sulfide) groups is 1. The lowest BCUT2D eigenvalue weighted by Crippen LogP contribution is -2.71. The number of oxime groups is 1. The highest BCUT2D eigenvalue weighted by Crippen LogP contribution is 2.40. The van der Waals surface area contributed by atoms with E-state index in [1.807, 2.05) is 34.3 Å². The van der Waals surface area contributed by atoms with Gasteiger partial charge in [0.15, 0.2) is 12.7 Å². The molecule has 15 heteroatoms. The van der Waals surface area contributed by atoms with Crippen LogP contribution in [0, 0.1) is 0 Å². The number of carboxylic acids is 1. The number of anilines is 1. The Bertz CT molecular complexity index is 1400. The highest BCUT2D eigenvalue weighted by molar-refractivity contribution is 8.00. The van der Waals surface area contributed by atoms with Crippen LogP contribution in [0.25, 0.3) is 10.2 Å². The number of amides is 2. The first-order valence-corrected chi connectivity index (χ1v) is 11.7. The molecule has 0 bridgehead atoms. The number of nitrogens with one attached hydrogen (secondary N) is 1. The lowest BCUT2D eigenvalue weighted by Gasteiger charge is -2.49. The summed E-state index contributed by atoms with van der Waals surface area (Å²) in [6.07, 6.45) is 1.86. The Kier molecular flexibility index (Phi) is 5.41. The Morgan fingerprint density at radius 3 is 2.94 bits per heavy atom. The van der Waals surface area contributed by atoms with Gasteiger partial charge in [0.1, 0.15) is 17.1 Å². The molecular formula is C19H16N7O6S2+. The molecule has 34 heavy (non-hydrogen) atoms. The van der Waals surface area contributed by atoms with Gasteiger partial charge in [0, 0.05) is 17.4 Å². The van der Waals surface area contributed by atoms with E-state index in [0.29, 0.717) is 17.9 Å². The summed E-state index contributed by atoms with van der Waals surface area (Å²) in [5.74, 6) is -2.76. The minimum atomic E-state index is -1.22. The molecule has 0 spiro atoms. The largest absolute Gasteiger partial charge is 0.477 e. The number of aromatic nitrogens is 3. The normalized spacial score (nSPS) is 20.3. The summed E-state index contributed by atoms with van der Waals surface area (Å²) in [4.78, 5) is 43.4. The number of nitrogens with two attached hydrogens (primary N) is 1. The van der Waals surface area contributed by atoms with Crippen molar-refractivity contribution in [1.29, 1.82) is 0 Å². The number of β-lactam (4-membered cyclic amide) rings is 1. The molecule has 1 saturated heterocycles. The average Bonchev–Trinajstić information content (AvgIpc) is 3.47. The van der Waals surface area contributed by atoms with E-state index >= 15 is 0 Å². The van der Waals surface area contributed by atoms with Crippen molar-refractivity contribution in [2.45, 2.75) is 18.0 Å². The van der Waals surface area contributed by atoms with Gasteiger partial charge in [-0.15, -0.1) is 11.8 Å². The topological polar surface area (TPSA) is 188 Å². The summed E-state index contributed by atoms with van der Waals surface area (Å²) in [6, 6.07) is 4.47. The number of aliphatic carboxylic acids is 1. The first kappa shape index (κ1) is 21.8. The quantitative estimate of drug-likeness (QED) is 0.115. The second-order valence-corrected chi connectivity index (χ2v) is 9.34. The van der Waals surface area contributed by atoms with Crippen molar-refractivity contribution in [1.82, 2.24) is 20.4 Å². The fraction of sp³-hybridized carbons (Fsp3) is 0.211. The molecule has 2 amide bonds. The first-order valence-electron chi connectivity index (χ1n) is 9.77. The molecule has 0 aliphatic carbocycles. The molecule has 5 N–H and O–H groups in total. The van der Waals surface area contributed by atoms with Gasteiger partial charge >= 0.3 is 12.0 Å². The summed E-state index contributed by atoms with van der Waals surface area (Å²) in [5, 5.41) is 30.2. The van der Waals surface area contributed by atoms with Crippen LogP contribution >= 0.6 is 23.1 Å². The maximum atomic E-state index is 12.9. The molecule has 13 nitrogen and oxygen atoms in total. The lowest BCUT2D eigenvalue weighted by molar-refractivity contribution is -0.661. The van der Waals surface area contributed by atoms with Gasteiger partial charge in [-0.25, -0.2) is 4.79 Å². The number of rotatable bonds is 6. The third kappa shape index (κ3) is 3.54. The Labute approximate surface area is 198 Å². The zero-order valence-corrected chi connectivity index (χ0v) is 18.7. The van der Waals surface area contributed by atoms with Crippen molar-refractivity contribution in [3.63, 3.8) is 0 Å². The van der Waals surface area contributed by atoms with Gasteiger partial charge in [-0.1, -0.05) is 21.6 Å². The molecule has 0 saturated carbocycles. The monoisotopic (exact) mass is 502 g/mol. The van der Waals surface area contributed by atoms with Gasteiger partial charge < -0.3 is 25.9 Å². The molecule has 174 valence electrons. The third-order valence-corrected chi connectivity index (χ3v) is 7.65. The minimum absolute atomic E-state index is 0.0951. The van der Waals surface area contributed by atoms with E-state index in [2.05, 4.69) is 25.1 Å². The van der Waals surface area contributed by atoms with Crippen LogP contribution in [0.15, 0.2) is 50.7 Å². The third-order valence-electron chi connectivity index (χ3n) is 5.34. The Balaban J connectivity index is 1.37. The standard InChI is InChI=1S/C19H15N7O6S2/c20-19-22-13(24-32-19)10(23-31)14(27)21-11-15(28)26-12(18(29)30)9(7-34-17(11)26)6-25-4-1-2-8-3-5-33-16(8)25/h1-5,11,17H,6-7H2,(H4-,20,21,22,24,27,29,30,31)/p+1/t11?,17-/m0/s1. The molecule has 5 rings (SSSR count). The minimum Gasteiger partial charge on any atom is -0.477 e. The van der Waals surface area contributed by atoms with E-state index in [1.54, 1.807) is 11.3 Å². The predicted molar refractivity (Wildman–Crippen MR) is 119 cm³/mol. The zero-order valence-electron chi connectivity index (χ0n) is 17.1.